The predicted molar refractivity (Wildman–Crippen MR) is 50.7 cm³/mol. The van der Waals surface area contributed by atoms with Crippen LogP contribution in [0.25, 0.3) is 0 Å². The van der Waals surface area contributed by atoms with E-state index in [1.807, 2.05) is 6.92 Å². The van der Waals surface area contributed by atoms with E-state index in [9.17, 15) is 4.79 Å². The zero-order chi connectivity index (χ0) is 10.3. The molecule has 0 aromatic heterocycles. The Morgan fingerprint density at radius 1 is 1.77 bits per heavy atom. The molecule has 0 aromatic carbocycles. The molecule has 0 aliphatic rings. The van der Waals surface area contributed by atoms with E-state index < -0.39 is 6.04 Å². The summed E-state index contributed by atoms with van der Waals surface area (Å²) >= 11 is 0. The third kappa shape index (κ3) is 4.51. The molecule has 4 N–H and O–H groups in total. The van der Waals surface area contributed by atoms with Gasteiger partial charge in [0.2, 0.25) is 5.91 Å². The number of aliphatic hydroxyl groups excluding tert-OH is 1. The first-order valence-electron chi connectivity index (χ1n) is 4.26. The van der Waals surface area contributed by atoms with E-state index >= 15 is 0 Å². The Bertz CT molecular complexity index is 194. The van der Waals surface area contributed by atoms with Gasteiger partial charge in [0.15, 0.2) is 0 Å². The van der Waals surface area contributed by atoms with Crippen molar-refractivity contribution in [2.45, 2.75) is 31.8 Å². The highest BCUT2D eigenvalue weighted by atomic mass is 16.3. The van der Waals surface area contributed by atoms with Crippen LogP contribution in [0.1, 0.15) is 19.8 Å². The van der Waals surface area contributed by atoms with Crippen LogP contribution in [0.2, 0.25) is 0 Å². The molecule has 1 amide bonds. The van der Waals surface area contributed by atoms with Gasteiger partial charge in [-0.25, -0.2) is 0 Å². The van der Waals surface area contributed by atoms with Gasteiger partial charge in [0, 0.05) is 6.42 Å². The van der Waals surface area contributed by atoms with Crippen LogP contribution in [-0.4, -0.2) is 29.7 Å². The molecule has 0 aromatic rings. The molecule has 2 atom stereocenters. The Hall–Kier alpha value is -1.05. The van der Waals surface area contributed by atoms with Crippen LogP contribution in [0.3, 0.4) is 0 Å². The molecule has 13 heavy (non-hydrogen) atoms. The molecule has 0 fully saturated rings. The summed E-state index contributed by atoms with van der Waals surface area (Å²) < 4.78 is 0. The maximum atomic E-state index is 11.2. The molecule has 0 aliphatic carbocycles. The number of rotatable bonds is 5. The standard InChI is InChI=1S/C9H16N2O2/c1-3-5-8(10)9(13)11-7(4-2)6-12/h1,7-8,12H,4-6,10H2,2H3,(H,11,13)/t7-,8?/m0/s1. The Labute approximate surface area is 78.5 Å². The number of aliphatic hydroxyl groups is 1. The average molecular weight is 184 g/mol. The van der Waals surface area contributed by atoms with Crippen LogP contribution in [0.15, 0.2) is 0 Å². The molecular formula is C9H16N2O2. The largest absolute Gasteiger partial charge is 0.394 e. The maximum absolute atomic E-state index is 11.2. The first kappa shape index (κ1) is 11.9. The van der Waals surface area contributed by atoms with Gasteiger partial charge in [0.05, 0.1) is 18.7 Å². The van der Waals surface area contributed by atoms with Crippen molar-refractivity contribution >= 4 is 5.91 Å². The molecule has 4 heteroatoms. The van der Waals surface area contributed by atoms with Crippen molar-refractivity contribution in [2.24, 2.45) is 5.73 Å². The molecular weight excluding hydrogens is 168 g/mol. The van der Waals surface area contributed by atoms with E-state index in [4.69, 9.17) is 17.3 Å². The van der Waals surface area contributed by atoms with E-state index in [2.05, 4.69) is 11.2 Å². The van der Waals surface area contributed by atoms with E-state index in [0.29, 0.717) is 6.42 Å². The van der Waals surface area contributed by atoms with Crippen LogP contribution in [-0.2, 0) is 4.79 Å². The van der Waals surface area contributed by atoms with Crippen molar-refractivity contribution in [3.05, 3.63) is 0 Å². The molecule has 74 valence electrons. The fraction of sp³-hybridized carbons (Fsp3) is 0.667. The molecule has 1 unspecified atom stereocenters. The topological polar surface area (TPSA) is 75.4 Å². The van der Waals surface area contributed by atoms with E-state index in [-0.39, 0.29) is 25.0 Å². The minimum atomic E-state index is -0.675. The van der Waals surface area contributed by atoms with Gasteiger partial charge >= 0.3 is 0 Å². The van der Waals surface area contributed by atoms with Gasteiger partial charge in [-0.05, 0) is 6.42 Å². The van der Waals surface area contributed by atoms with Crippen LogP contribution in [0.4, 0.5) is 0 Å². The van der Waals surface area contributed by atoms with Crippen molar-refractivity contribution in [2.75, 3.05) is 6.61 Å². The molecule has 0 heterocycles. The monoisotopic (exact) mass is 184 g/mol. The molecule has 0 rings (SSSR count). The lowest BCUT2D eigenvalue weighted by Crippen LogP contribution is -2.46. The van der Waals surface area contributed by atoms with Gasteiger partial charge in [-0.1, -0.05) is 6.92 Å². The molecule has 0 aliphatic heterocycles. The van der Waals surface area contributed by atoms with Crippen molar-refractivity contribution < 1.29 is 9.90 Å². The molecule has 4 nitrogen and oxygen atoms in total. The number of terminal acetylenes is 1. The number of hydrogen-bond acceptors (Lipinski definition) is 3. The highest BCUT2D eigenvalue weighted by molar-refractivity contribution is 5.82. The smallest absolute Gasteiger partial charge is 0.238 e. The lowest BCUT2D eigenvalue weighted by Gasteiger charge is -2.16. The molecule has 0 spiro atoms. The minimum Gasteiger partial charge on any atom is -0.394 e. The Morgan fingerprint density at radius 3 is 2.77 bits per heavy atom. The maximum Gasteiger partial charge on any atom is 0.238 e. The van der Waals surface area contributed by atoms with Crippen molar-refractivity contribution in [1.29, 1.82) is 0 Å². The fourth-order valence-electron chi connectivity index (χ4n) is 0.805. The van der Waals surface area contributed by atoms with Gasteiger partial charge < -0.3 is 16.2 Å². The van der Waals surface area contributed by atoms with Crippen molar-refractivity contribution in [1.82, 2.24) is 5.32 Å². The summed E-state index contributed by atoms with van der Waals surface area (Å²) in [5.74, 6) is 2.00. The third-order valence-electron chi connectivity index (χ3n) is 1.73. The molecule has 0 saturated carbocycles. The minimum absolute atomic E-state index is 0.0784. The van der Waals surface area contributed by atoms with Gasteiger partial charge in [0.1, 0.15) is 0 Å². The second-order valence-corrected chi connectivity index (χ2v) is 2.81. The lowest BCUT2D eigenvalue weighted by molar-refractivity contribution is -0.123. The summed E-state index contributed by atoms with van der Waals surface area (Å²) in [6.45, 7) is 1.79. The summed E-state index contributed by atoms with van der Waals surface area (Å²) in [7, 11) is 0. The fourth-order valence-corrected chi connectivity index (χ4v) is 0.805. The van der Waals surface area contributed by atoms with Crippen molar-refractivity contribution in [3.8, 4) is 12.3 Å². The Balaban J connectivity index is 3.91. The summed E-state index contributed by atoms with van der Waals surface area (Å²) in [6, 6.07) is -0.901. The first-order chi connectivity index (χ1) is 6.15. The van der Waals surface area contributed by atoms with Crippen LogP contribution in [0, 0.1) is 12.3 Å². The van der Waals surface area contributed by atoms with Crippen LogP contribution >= 0.6 is 0 Å². The van der Waals surface area contributed by atoms with Gasteiger partial charge in [0.25, 0.3) is 0 Å². The second-order valence-electron chi connectivity index (χ2n) is 2.81. The van der Waals surface area contributed by atoms with Gasteiger partial charge in [-0.2, -0.15) is 0 Å². The predicted octanol–water partition coefficient (Wildman–Crippen LogP) is -0.776. The highest BCUT2D eigenvalue weighted by Gasteiger charge is 2.15. The lowest BCUT2D eigenvalue weighted by atomic mass is 10.2. The number of nitrogens with two attached hydrogens (primary N) is 1. The quantitative estimate of drug-likeness (QED) is 0.491. The molecule has 0 radical (unpaired) electrons. The zero-order valence-electron chi connectivity index (χ0n) is 7.79. The van der Waals surface area contributed by atoms with E-state index in [0.717, 1.165) is 0 Å². The highest BCUT2D eigenvalue weighted by Crippen LogP contribution is 1.92. The van der Waals surface area contributed by atoms with Crippen molar-refractivity contribution in [3.63, 3.8) is 0 Å². The first-order valence-corrected chi connectivity index (χ1v) is 4.26. The Morgan fingerprint density at radius 2 is 2.38 bits per heavy atom. The normalized spacial score (nSPS) is 14.3. The van der Waals surface area contributed by atoms with E-state index in [1.54, 1.807) is 0 Å². The van der Waals surface area contributed by atoms with E-state index in [1.165, 1.54) is 0 Å². The van der Waals surface area contributed by atoms with Gasteiger partial charge in [-0.15, -0.1) is 12.3 Å². The summed E-state index contributed by atoms with van der Waals surface area (Å²) in [5, 5.41) is 11.4. The number of carbonyl (C=O) groups excluding carboxylic acids is 1. The SMILES string of the molecule is C#CCC(N)C(=O)N[C@@H](CC)CO. The summed E-state index contributed by atoms with van der Waals surface area (Å²) in [5.41, 5.74) is 5.45. The number of carbonyl (C=O) groups is 1. The number of amides is 1. The summed E-state index contributed by atoms with van der Waals surface area (Å²) in [4.78, 5) is 11.2. The zero-order valence-corrected chi connectivity index (χ0v) is 7.79. The third-order valence-corrected chi connectivity index (χ3v) is 1.73. The average Bonchev–Trinajstić information content (AvgIpc) is 2.14. The second kappa shape index (κ2) is 6.46. The Kier molecular flexibility index (Phi) is 5.94. The molecule has 0 saturated heterocycles. The van der Waals surface area contributed by atoms with Crippen LogP contribution in [0.5, 0.6) is 0 Å². The number of nitrogens with one attached hydrogen (secondary N) is 1. The summed E-state index contributed by atoms with van der Waals surface area (Å²) in [6.07, 6.45) is 5.89. The van der Waals surface area contributed by atoms with Gasteiger partial charge in [-0.3, -0.25) is 4.79 Å². The van der Waals surface area contributed by atoms with Crippen LogP contribution < -0.4 is 11.1 Å². The number of hydrogen-bond donors (Lipinski definition) is 3. The molecule has 0 bridgehead atoms.